The highest BCUT2D eigenvalue weighted by Gasteiger charge is 2.44. The molecule has 8 atom stereocenters. The number of halogens is 1. The van der Waals surface area contributed by atoms with E-state index in [1.807, 2.05) is 42.7 Å². The van der Waals surface area contributed by atoms with E-state index in [1.165, 1.54) is 11.1 Å². The van der Waals surface area contributed by atoms with Gasteiger partial charge in [0.15, 0.2) is 0 Å². The summed E-state index contributed by atoms with van der Waals surface area (Å²) in [5, 5.41) is 11.5. The third kappa shape index (κ3) is 6.94. The van der Waals surface area contributed by atoms with E-state index in [1.54, 1.807) is 31.3 Å². The number of anilines is 1. The molecule has 1 saturated carbocycles. The number of hydrogen-bond acceptors (Lipinski definition) is 7. The fraction of sp³-hybridized carbons (Fsp3) is 0.512. The number of fused-ring (bicyclic) bond motifs is 5. The van der Waals surface area contributed by atoms with Gasteiger partial charge in [0, 0.05) is 47.5 Å². The Morgan fingerprint density at radius 3 is 2.77 bits per heavy atom. The number of aromatic nitrogens is 1. The summed E-state index contributed by atoms with van der Waals surface area (Å²) < 4.78 is 36.4. The van der Waals surface area contributed by atoms with E-state index in [4.69, 9.17) is 21.1 Å². The number of amides is 2. The van der Waals surface area contributed by atoms with Crippen LogP contribution in [0.1, 0.15) is 90.4 Å². The van der Waals surface area contributed by atoms with Gasteiger partial charge in [-0.25, -0.2) is 4.21 Å². The summed E-state index contributed by atoms with van der Waals surface area (Å²) in [4.78, 5) is 30.3. The van der Waals surface area contributed by atoms with E-state index in [2.05, 4.69) is 26.1 Å². The molecule has 2 N–H and O–H groups in total. The van der Waals surface area contributed by atoms with Gasteiger partial charge in [-0.1, -0.05) is 36.7 Å². The van der Waals surface area contributed by atoms with Gasteiger partial charge in [0.2, 0.25) is 0 Å². The molecule has 4 heterocycles. The molecule has 8 rings (SSSR count). The van der Waals surface area contributed by atoms with Crippen LogP contribution >= 0.6 is 11.6 Å². The predicted molar refractivity (Wildman–Crippen MR) is 206 cm³/mol. The van der Waals surface area contributed by atoms with Crippen LogP contribution in [0.3, 0.4) is 0 Å². The van der Waals surface area contributed by atoms with Gasteiger partial charge < -0.3 is 24.0 Å². The molecule has 5 aliphatic rings. The quantitative estimate of drug-likeness (QED) is 0.274. The number of benzene rings is 2. The number of allylic oxidation sites excluding steroid dienone is 1. The highest BCUT2D eigenvalue weighted by molar-refractivity contribution is 7.93. The summed E-state index contributed by atoms with van der Waals surface area (Å²) in [5.41, 5.74) is 4.44. The second-order valence-corrected chi connectivity index (χ2v) is 18.7. The standard InChI is InChI=1S/C41H49ClN4O6S/c1-25-6-4-8-37(47)34-12-9-30(34)20-46-23-41(15-5-7-28-16-32(42)11-13-35(28)41)24-52-38-14-10-29(18-36(38)46)39(48)43-53(50,27(25)3)44-40(49)31-17-33-22-51-26(2)19-45(33)21-31/h4,8,10-11,13-14,16-18,21,25-27,30,34,37,47H,5-7,9,12,15,19-20,22-24H2,1-3H3,(H,43,44,48,49,50)/b8-4+/t25-,26-,27+,30-,34+,37-,41-,53?/m0/s1. The summed E-state index contributed by atoms with van der Waals surface area (Å²) in [6.45, 7) is 8.50. The maximum atomic E-state index is 14.9. The molecule has 282 valence electrons. The highest BCUT2D eigenvalue weighted by atomic mass is 35.5. The lowest BCUT2D eigenvalue weighted by atomic mass is 9.68. The molecular formula is C41H49ClN4O6S. The van der Waals surface area contributed by atoms with Crippen LogP contribution in [0.4, 0.5) is 5.69 Å². The molecule has 1 fully saturated rings. The van der Waals surface area contributed by atoms with Crippen LogP contribution in [0.15, 0.2) is 65.2 Å². The molecule has 3 aromatic rings. The smallest absolute Gasteiger partial charge is 0.286 e. The molecule has 2 aromatic carbocycles. The number of hydrogen-bond donors (Lipinski definition) is 2. The third-order valence-corrected chi connectivity index (χ3v) is 15.1. The Bertz CT molecular complexity index is 2090. The van der Waals surface area contributed by atoms with Crippen molar-refractivity contribution in [1.29, 1.82) is 0 Å². The predicted octanol–water partition coefficient (Wildman–Crippen LogP) is 6.86. The molecule has 2 aliphatic carbocycles. The van der Waals surface area contributed by atoms with Crippen LogP contribution in [0.5, 0.6) is 5.75 Å². The van der Waals surface area contributed by atoms with Crippen molar-refractivity contribution < 1.29 is 28.4 Å². The zero-order valence-electron chi connectivity index (χ0n) is 30.6. The van der Waals surface area contributed by atoms with Crippen molar-refractivity contribution in [1.82, 2.24) is 9.29 Å². The lowest BCUT2D eigenvalue weighted by molar-refractivity contribution is 0.0167. The lowest BCUT2D eigenvalue weighted by Gasteiger charge is -2.45. The average Bonchev–Trinajstić information content (AvgIpc) is 3.48. The molecule has 3 aliphatic heterocycles. The first-order chi connectivity index (χ1) is 25.4. The molecular weight excluding hydrogens is 712 g/mol. The first-order valence-corrected chi connectivity index (χ1v) is 21.0. The summed E-state index contributed by atoms with van der Waals surface area (Å²) in [6, 6.07) is 13.2. The minimum atomic E-state index is -3.64. The number of rotatable bonds is 2. The van der Waals surface area contributed by atoms with Crippen molar-refractivity contribution in [3.8, 4) is 5.75 Å². The molecule has 2 bridgehead atoms. The van der Waals surface area contributed by atoms with E-state index >= 15 is 0 Å². The number of nitrogens with one attached hydrogen (secondary N) is 1. The summed E-state index contributed by atoms with van der Waals surface area (Å²) in [7, 11) is -3.64. The Kier molecular flexibility index (Phi) is 9.75. The van der Waals surface area contributed by atoms with Crippen molar-refractivity contribution in [2.75, 3.05) is 24.6 Å². The number of ether oxygens (including phenoxy) is 2. The number of aliphatic hydroxyl groups excluding tert-OH is 1. The van der Waals surface area contributed by atoms with Gasteiger partial charge in [-0.05, 0) is 118 Å². The maximum Gasteiger partial charge on any atom is 0.286 e. The highest BCUT2D eigenvalue weighted by Crippen LogP contribution is 2.47. The zero-order chi connectivity index (χ0) is 37.1. The minimum Gasteiger partial charge on any atom is -0.490 e. The third-order valence-electron chi connectivity index (χ3n) is 12.5. The monoisotopic (exact) mass is 760 g/mol. The Morgan fingerprint density at radius 2 is 1.96 bits per heavy atom. The van der Waals surface area contributed by atoms with Gasteiger partial charge in [0.1, 0.15) is 15.7 Å². The van der Waals surface area contributed by atoms with Gasteiger partial charge in [-0.2, -0.15) is 0 Å². The first kappa shape index (κ1) is 36.3. The van der Waals surface area contributed by atoms with Crippen LogP contribution in [-0.4, -0.2) is 62.9 Å². The number of carbonyl (C=O) groups is 2. The van der Waals surface area contributed by atoms with Gasteiger partial charge >= 0.3 is 0 Å². The fourth-order valence-corrected chi connectivity index (χ4v) is 11.0. The van der Waals surface area contributed by atoms with E-state index in [0.717, 1.165) is 48.5 Å². The topological polar surface area (TPSA) is 122 Å². The number of carbonyl (C=O) groups excluding carboxylic acids is 2. The summed E-state index contributed by atoms with van der Waals surface area (Å²) in [6.07, 6.45) is 10.3. The van der Waals surface area contributed by atoms with E-state index in [9.17, 15) is 18.9 Å². The van der Waals surface area contributed by atoms with Crippen LogP contribution < -0.4 is 14.4 Å². The van der Waals surface area contributed by atoms with Crippen LogP contribution in [0.25, 0.3) is 0 Å². The normalized spacial score (nSPS) is 33.2. The Hall–Kier alpha value is -3.64. The van der Waals surface area contributed by atoms with Gasteiger partial charge in [-0.15, -0.1) is 4.36 Å². The molecule has 53 heavy (non-hydrogen) atoms. The molecule has 0 radical (unpaired) electrons. The van der Waals surface area contributed by atoms with E-state index in [-0.39, 0.29) is 34.8 Å². The van der Waals surface area contributed by atoms with Crippen molar-refractivity contribution in [2.24, 2.45) is 22.1 Å². The van der Waals surface area contributed by atoms with Crippen LogP contribution in [0.2, 0.25) is 5.02 Å². The molecule has 0 saturated heterocycles. The second kappa shape index (κ2) is 14.2. The van der Waals surface area contributed by atoms with Crippen LogP contribution in [-0.2, 0) is 39.6 Å². The number of nitrogens with zero attached hydrogens (tertiary/aromatic N) is 3. The molecule has 1 unspecified atom stereocenters. The summed E-state index contributed by atoms with van der Waals surface area (Å²) >= 11 is 6.45. The van der Waals surface area contributed by atoms with Crippen molar-refractivity contribution in [3.63, 3.8) is 0 Å². The summed E-state index contributed by atoms with van der Waals surface area (Å²) in [5.74, 6) is -0.432. The van der Waals surface area contributed by atoms with Gasteiger partial charge in [-0.3, -0.25) is 14.3 Å². The van der Waals surface area contributed by atoms with E-state index < -0.39 is 33.1 Å². The molecule has 10 nitrogen and oxygen atoms in total. The number of aryl methyl sites for hydroxylation is 1. The largest absolute Gasteiger partial charge is 0.490 e. The van der Waals surface area contributed by atoms with Crippen LogP contribution in [0, 0.1) is 17.8 Å². The second-order valence-electron chi connectivity index (χ2n) is 16.0. The number of aliphatic hydroxyl groups is 1. The van der Waals surface area contributed by atoms with Gasteiger partial charge in [0.05, 0.1) is 41.9 Å². The first-order valence-electron chi connectivity index (χ1n) is 19.0. The Morgan fingerprint density at radius 1 is 1.11 bits per heavy atom. The van der Waals surface area contributed by atoms with E-state index in [0.29, 0.717) is 50.6 Å². The minimum absolute atomic E-state index is 0.0102. The lowest BCUT2D eigenvalue weighted by Crippen LogP contribution is -2.49. The molecule has 1 spiro atoms. The Labute approximate surface area is 317 Å². The van der Waals surface area contributed by atoms with Crippen molar-refractivity contribution in [3.05, 3.63) is 93.8 Å². The Balaban J connectivity index is 1.19. The molecule has 12 heteroatoms. The SMILES string of the molecule is C[C@@H]1[C@@H](C)C/C=C/[C@H](O)[C@@H]2CC[C@H]2CN2C[C@@]3(CCCc4cc(Cl)ccc43)COc3ccc(cc32)C(=O)N=S1(=O)NC(=O)c1cc2n(c1)C[C@H](C)OC2. The maximum absolute atomic E-state index is 14.9. The fourth-order valence-electron chi connectivity index (χ4n) is 8.98. The molecule has 2 amide bonds. The van der Waals surface area contributed by atoms with Crippen molar-refractivity contribution in [2.45, 2.75) is 95.3 Å². The zero-order valence-corrected chi connectivity index (χ0v) is 32.2. The molecule has 1 aromatic heterocycles. The van der Waals surface area contributed by atoms with Gasteiger partial charge in [0.25, 0.3) is 11.8 Å². The average molecular weight is 761 g/mol. The van der Waals surface area contributed by atoms with Crippen molar-refractivity contribution >= 4 is 39.0 Å².